The van der Waals surface area contributed by atoms with Crippen molar-refractivity contribution in [2.24, 2.45) is 25.9 Å². The number of carboxylic acid groups (broad SMARTS) is 1. The number of aliphatic imine (C=N–C) groups is 4. The molecular formula is C28H26F3N5O6S. The van der Waals surface area contributed by atoms with E-state index in [0.29, 0.717) is 25.2 Å². The SMILES string of the molecule is CNCCC1C=c2c(ccc3c4c(ccc23)CC=CC=4)CC1S(=O)(=O)O.O=C(O)C(F)(F)F.O=C1N=CN=C2N=CN=C12. The van der Waals surface area contributed by atoms with Gasteiger partial charge < -0.3 is 10.4 Å². The van der Waals surface area contributed by atoms with Gasteiger partial charge in [-0.15, -0.1) is 0 Å². The van der Waals surface area contributed by atoms with Crippen LogP contribution in [0.2, 0.25) is 0 Å². The number of alkyl halides is 3. The Morgan fingerprint density at radius 3 is 2.33 bits per heavy atom. The highest BCUT2D eigenvalue weighted by Gasteiger charge is 2.38. The third kappa shape index (κ3) is 7.36. The van der Waals surface area contributed by atoms with Gasteiger partial charge in [-0.2, -0.15) is 26.6 Å². The summed E-state index contributed by atoms with van der Waals surface area (Å²) in [5, 5.41) is 14.2. The van der Waals surface area contributed by atoms with E-state index in [4.69, 9.17) is 9.90 Å². The largest absolute Gasteiger partial charge is 0.490 e. The van der Waals surface area contributed by atoms with E-state index >= 15 is 0 Å². The molecule has 3 N–H and O–H groups in total. The summed E-state index contributed by atoms with van der Waals surface area (Å²) in [6, 6.07) is 8.43. The van der Waals surface area contributed by atoms with Crippen molar-refractivity contribution >= 4 is 69.1 Å². The monoisotopic (exact) mass is 617 g/mol. The Morgan fingerprint density at radius 1 is 1.05 bits per heavy atom. The molecule has 0 aromatic heterocycles. The van der Waals surface area contributed by atoms with E-state index in [0.717, 1.165) is 22.6 Å². The van der Waals surface area contributed by atoms with Crippen LogP contribution in [0.3, 0.4) is 0 Å². The highest BCUT2D eigenvalue weighted by atomic mass is 32.2. The summed E-state index contributed by atoms with van der Waals surface area (Å²) in [6.45, 7) is 0.710. The average molecular weight is 618 g/mol. The van der Waals surface area contributed by atoms with Crippen LogP contribution in [0, 0.1) is 5.92 Å². The van der Waals surface area contributed by atoms with Crippen LogP contribution in [0.5, 0.6) is 0 Å². The van der Waals surface area contributed by atoms with E-state index in [1.54, 1.807) is 0 Å². The van der Waals surface area contributed by atoms with Gasteiger partial charge in [0, 0.05) is 0 Å². The van der Waals surface area contributed by atoms with Crippen molar-refractivity contribution in [3.63, 3.8) is 0 Å². The Bertz CT molecular complexity index is 1840. The number of amides is 1. The van der Waals surface area contributed by atoms with Gasteiger partial charge in [-0.3, -0.25) is 9.35 Å². The Hall–Kier alpha value is -4.34. The summed E-state index contributed by atoms with van der Waals surface area (Å²) in [4.78, 5) is 34.2. The number of carbonyl (C=O) groups is 2. The Kier molecular flexibility index (Phi) is 9.47. The lowest BCUT2D eigenvalue weighted by Gasteiger charge is -2.27. The summed E-state index contributed by atoms with van der Waals surface area (Å²) >= 11 is 0. The fourth-order valence-electron chi connectivity index (χ4n) is 4.95. The van der Waals surface area contributed by atoms with E-state index in [9.17, 15) is 30.9 Å². The first-order valence-electron chi connectivity index (χ1n) is 12.9. The van der Waals surface area contributed by atoms with Gasteiger partial charge in [0.1, 0.15) is 12.7 Å². The van der Waals surface area contributed by atoms with Gasteiger partial charge in [0.15, 0.2) is 11.5 Å². The third-order valence-corrected chi connectivity index (χ3v) is 8.25. The molecule has 0 radical (unpaired) electrons. The first kappa shape index (κ1) is 31.6. The number of carboxylic acids is 1. The van der Waals surface area contributed by atoms with Gasteiger partial charge in [0.05, 0.1) is 5.25 Å². The van der Waals surface area contributed by atoms with E-state index in [2.05, 4.69) is 67.8 Å². The highest BCUT2D eigenvalue weighted by molar-refractivity contribution is 7.86. The van der Waals surface area contributed by atoms with Crippen LogP contribution in [0.15, 0.2) is 56.4 Å². The number of fused-ring (bicyclic) bond motifs is 6. The molecule has 0 bridgehead atoms. The van der Waals surface area contributed by atoms with Gasteiger partial charge >= 0.3 is 18.1 Å². The molecule has 0 saturated carbocycles. The zero-order valence-electron chi connectivity index (χ0n) is 22.6. The van der Waals surface area contributed by atoms with Crippen LogP contribution in [-0.4, -0.2) is 79.2 Å². The second kappa shape index (κ2) is 12.9. The molecule has 15 heteroatoms. The van der Waals surface area contributed by atoms with Crippen LogP contribution < -0.4 is 15.8 Å². The molecule has 11 nitrogen and oxygen atoms in total. The zero-order valence-corrected chi connectivity index (χ0v) is 23.4. The quantitative estimate of drug-likeness (QED) is 0.438. The molecule has 2 aromatic rings. The molecule has 4 aliphatic rings. The van der Waals surface area contributed by atoms with Crippen molar-refractivity contribution in [2.75, 3.05) is 13.6 Å². The summed E-state index contributed by atoms with van der Waals surface area (Å²) in [5.74, 6) is -2.97. The molecule has 2 heterocycles. The molecular weight excluding hydrogens is 591 g/mol. The minimum absolute atomic E-state index is 0.199. The molecule has 2 unspecified atom stereocenters. The number of aliphatic carboxylic acids is 1. The normalized spacial score (nSPS) is 19.7. The molecule has 6 rings (SSSR count). The van der Waals surface area contributed by atoms with Gasteiger partial charge in [-0.05, 0) is 71.1 Å². The van der Waals surface area contributed by atoms with E-state index < -0.39 is 27.5 Å². The van der Waals surface area contributed by atoms with Crippen molar-refractivity contribution in [3.05, 3.63) is 58.0 Å². The number of hydrogen-bond acceptors (Lipinski definition) is 8. The van der Waals surface area contributed by atoms with Gasteiger partial charge in [0.2, 0.25) is 0 Å². The summed E-state index contributed by atoms with van der Waals surface area (Å²) in [6.07, 6.45) is 7.82. The van der Waals surface area contributed by atoms with Crippen molar-refractivity contribution in [2.45, 2.75) is 30.7 Å². The first-order valence-corrected chi connectivity index (χ1v) is 14.4. The molecule has 2 aromatic carbocycles. The van der Waals surface area contributed by atoms with E-state index in [-0.39, 0.29) is 17.5 Å². The first-order chi connectivity index (χ1) is 20.3. The molecule has 2 aliphatic heterocycles. The van der Waals surface area contributed by atoms with Crippen molar-refractivity contribution in [1.29, 1.82) is 0 Å². The molecule has 0 spiro atoms. The fourth-order valence-corrected chi connectivity index (χ4v) is 6.00. The maximum Gasteiger partial charge on any atom is 0.490 e. The van der Waals surface area contributed by atoms with Crippen molar-refractivity contribution < 1.29 is 40.8 Å². The number of rotatable bonds is 4. The lowest BCUT2D eigenvalue weighted by atomic mass is 9.85. The fraction of sp³-hybridized carbons (Fsp3) is 0.286. The van der Waals surface area contributed by atoms with Crippen LogP contribution >= 0.6 is 0 Å². The number of allylic oxidation sites excluding steroid dienone is 2. The summed E-state index contributed by atoms with van der Waals surface area (Å²) in [5.41, 5.74) is 2.55. The van der Waals surface area contributed by atoms with Gasteiger partial charge in [-0.25, -0.2) is 19.8 Å². The number of nitrogens with zero attached hydrogens (tertiary/aromatic N) is 4. The zero-order chi connectivity index (χ0) is 31.4. The second-order valence-electron chi connectivity index (χ2n) is 9.68. The van der Waals surface area contributed by atoms with Crippen molar-refractivity contribution in [1.82, 2.24) is 5.32 Å². The molecule has 2 aliphatic carbocycles. The molecule has 0 saturated heterocycles. The number of amidine groups is 1. The van der Waals surface area contributed by atoms with E-state index in [1.807, 2.05) is 13.1 Å². The molecule has 1 amide bonds. The second-order valence-corrected chi connectivity index (χ2v) is 11.3. The number of hydrogen-bond donors (Lipinski definition) is 3. The molecule has 2 atom stereocenters. The van der Waals surface area contributed by atoms with Crippen LogP contribution in [0.25, 0.3) is 22.9 Å². The predicted octanol–water partition coefficient (Wildman–Crippen LogP) is 1.62. The molecule has 226 valence electrons. The standard InChI is InChI=1S/C21H23NO3S.C5H2N4O.C2HF3O2/c1-22-11-10-16-12-20-15(13-21(16)26(23,24)25)7-9-18-17-5-3-2-4-14(17)6-8-19(18)20;10-5-3-4(7-1-6-3)8-2-9-5;3-2(4,5)1(6)7/h2-3,5-9,12,16,21-22H,4,10-11,13H2,1H3,(H,23,24,25);1-2H;(H,6,7). The number of halogens is 3. The van der Waals surface area contributed by atoms with Crippen LogP contribution in [0.1, 0.15) is 17.5 Å². The summed E-state index contributed by atoms with van der Waals surface area (Å²) in [7, 11) is -2.24. The maximum atomic E-state index is 11.9. The van der Waals surface area contributed by atoms with Gasteiger partial charge in [-0.1, -0.05) is 48.6 Å². The highest BCUT2D eigenvalue weighted by Crippen LogP contribution is 2.26. The number of carbonyl (C=O) groups excluding carboxylic acids is 1. The van der Waals surface area contributed by atoms with E-state index in [1.165, 1.54) is 28.8 Å². The lowest BCUT2D eigenvalue weighted by Crippen LogP contribution is -2.38. The minimum atomic E-state index is -5.08. The third-order valence-electron chi connectivity index (χ3n) is 6.97. The Morgan fingerprint density at radius 2 is 1.70 bits per heavy atom. The smallest absolute Gasteiger partial charge is 0.475 e. The Balaban J connectivity index is 0.000000203. The summed E-state index contributed by atoms with van der Waals surface area (Å²) < 4.78 is 65.3. The number of benzene rings is 2. The Labute approximate surface area is 243 Å². The predicted molar refractivity (Wildman–Crippen MR) is 157 cm³/mol. The maximum absolute atomic E-state index is 11.9. The lowest BCUT2D eigenvalue weighted by molar-refractivity contribution is -0.192. The van der Waals surface area contributed by atoms with Crippen molar-refractivity contribution in [3.8, 4) is 0 Å². The van der Waals surface area contributed by atoms with Crippen LogP contribution in [-0.2, 0) is 32.5 Å². The number of nitrogens with one attached hydrogen (secondary N) is 1. The average Bonchev–Trinajstić information content (AvgIpc) is 3.45. The minimum Gasteiger partial charge on any atom is -0.475 e. The molecule has 0 fully saturated rings. The molecule has 43 heavy (non-hydrogen) atoms. The van der Waals surface area contributed by atoms with Gasteiger partial charge in [0.25, 0.3) is 10.1 Å². The topological polar surface area (TPSA) is 170 Å². The van der Waals surface area contributed by atoms with Crippen LogP contribution in [0.4, 0.5) is 13.2 Å².